The van der Waals surface area contributed by atoms with Crippen molar-refractivity contribution in [1.82, 2.24) is 9.55 Å². The number of aryl methyl sites for hydroxylation is 1. The van der Waals surface area contributed by atoms with Crippen molar-refractivity contribution < 1.29 is 26.5 Å². The molecule has 0 aliphatic carbocycles. The van der Waals surface area contributed by atoms with Gasteiger partial charge in [0.25, 0.3) is 15.7 Å². The lowest BCUT2D eigenvalue weighted by molar-refractivity contribution is 0.101. The van der Waals surface area contributed by atoms with Crippen molar-refractivity contribution in [3.8, 4) is 6.01 Å². The maximum absolute atomic E-state index is 12.3. The molecule has 3 rings (SSSR count). The Morgan fingerprint density at radius 3 is 2.78 bits per heavy atom. The normalized spacial score (nSPS) is 16.1. The Labute approximate surface area is 155 Å². The Bertz CT molecular complexity index is 958. The molecule has 0 saturated carbocycles. The Morgan fingerprint density at radius 1 is 1.33 bits per heavy atom. The number of rotatable bonds is 8. The highest BCUT2D eigenvalue weighted by atomic mass is 32.2. The molecule has 0 unspecified atom stereocenters. The second-order valence-corrected chi connectivity index (χ2v) is 7.63. The molecule has 8 nitrogen and oxygen atoms in total. The van der Waals surface area contributed by atoms with Gasteiger partial charge in [-0.2, -0.15) is 13.4 Å². The van der Waals surface area contributed by atoms with Crippen LogP contribution in [0.5, 0.6) is 6.01 Å². The first-order valence-corrected chi connectivity index (χ1v) is 9.67. The summed E-state index contributed by atoms with van der Waals surface area (Å²) in [6.45, 7) is 1.15. The molecule has 0 radical (unpaired) electrons. The van der Waals surface area contributed by atoms with Gasteiger partial charge in [0.1, 0.15) is 19.4 Å². The van der Waals surface area contributed by atoms with Crippen molar-refractivity contribution in [3.63, 3.8) is 0 Å². The van der Waals surface area contributed by atoms with E-state index >= 15 is 0 Å². The molecule has 0 N–H and O–H groups in total. The Morgan fingerprint density at radius 2 is 2.07 bits per heavy atom. The van der Waals surface area contributed by atoms with Gasteiger partial charge in [0.05, 0.1) is 30.3 Å². The van der Waals surface area contributed by atoms with Crippen LogP contribution < -0.4 is 10.3 Å². The van der Waals surface area contributed by atoms with E-state index in [2.05, 4.69) is 4.98 Å². The number of ether oxygens (including phenoxy) is 2. The third kappa shape index (κ3) is 4.71. The molecule has 146 valence electrons. The quantitative estimate of drug-likeness (QED) is 0.487. The highest BCUT2D eigenvalue weighted by Gasteiger charge is 2.28. The predicted octanol–water partition coefficient (Wildman–Crippen LogP) is 1.20. The number of hydrogen-bond acceptors (Lipinski definition) is 7. The van der Waals surface area contributed by atoms with Crippen LogP contribution in [0, 0.1) is 6.92 Å². The van der Waals surface area contributed by atoms with Crippen molar-refractivity contribution in [2.45, 2.75) is 31.1 Å². The highest BCUT2D eigenvalue weighted by Crippen LogP contribution is 2.22. The fourth-order valence-corrected chi connectivity index (χ4v) is 3.52. The van der Waals surface area contributed by atoms with E-state index in [-0.39, 0.29) is 37.3 Å². The average Bonchev–Trinajstić information content (AvgIpc) is 3.03. The van der Waals surface area contributed by atoms with Crippen molar-refractivity contribution in [2.75, 3.05) is 19.9 Å². The second-order valence-electron chi connectivity index (χ2n) is 6.01. The molecule has 1 aromatic heterocycles. The molecule has 0 saturated heterocycles. The lowest BCUT2D eigenvalue weighted by Crippen LogP contribution is -2.24. The molecule has 1 aliphatic heterocycles. The fraction of sp³-hybridized carbons (Fsp3) is 0.412. The fourth-order valence-electron chi connectivity index (χ4n) is 2.58. The topological polar surface area (TPSA) is 96.7 Å². The van der Waals surface area contributed by atoms with Crippen LogP contribution in [0.15, 0.2) is 40.0 Å². The summed E-state index contributed by atoms with van der Waals surface area (Å²) in [4.78, 5) is 15.5. The van der Waals surface area contributed by atoms with E-state index in [0.717, 1.165) is 5.56 Å². The number of alkyl halides is 1. The summed E-state index contributed by atoms with van der Waals surface area (Å²) < 4.78 is 54.0. The van der Waals surface area contributed by atoms with E-state index in [1.807, 2.05) is 6.92 Å². The van der Waals surface area contributed by atoms with Crippen LogP contribution in [0.2, 0.25) is 0 Å². The third-order valence-corrected chi connectivity index (χ3v) is 5.22. The standard InChI is InChI=1S/C17H19FN2O6S/c1-12-2-4-15(5-3-12)27(22,23)25-11-14-9-20-13(10-24-7-6-18)8-16(21)19-17(20)26-14/h2-5,8,14H,6-7,9-11H2,1H3/t14-/m0/s1. The summed E-state index contributed by atoms with van der Waals surface area (Å²) in [6, 6.07) is 7.62. The van der Waals surface area contributed by atoms with Crippen molar-refractivity contribution >= 4 is 10.1 Å². The number of halogens is 1. The van der Waals surface area contributed by atoms with Gasteiger partial charge in [0, 0.05) is 6.07 Å². The minimum absolute atomic E-state index is 0.0211. The smallest absolute Gasteiger partial charge is 0.300 e. The van der Waals surface area contributed by atoms with Gasteiger partial charge in [-0.3, -0.25) is 13.5 Å². The van der Waals surface area contributed by atoms with Crippen LogP contribution in [0.4, 0.5) is 4.39 Å². The Kier molecular flexibility index (Phi) is 5.88. The van der Waals surface area contributed by atoms with Crippen LogP contribution in [0.25, 0.3) is 0 Å². The molecule has 1 aliphatic rings. The summed E-state index contributed by atoms with van der Waals surface area (Å²) >= 11 is 0. The van der Waals surface area contributed by atoms with Gasteiger partial charge in [-0.15, -0.1) is 0 Å². The second kappa shape index (κ2) is 8.15. The monoisotopic (exact) mass is 398 g/mol. The van der Waals surface area contributed by atoms with Gasteiger partial charge in [0.15, 0.2) is 0 Å². The van der Waals surface area contributed by atoms with Crippen molar-refractivity contribution in [1.29, 1.82) is 0 Å². The van der Waals surface area contributed by atoms with E-state index in [4.69, 9.17) is 13.7 Å². The first kappa shape index (κ1) is 19.5. The summed E-state index contributed by atoms with van der Waals surface area (Å²) in [7, 11) is -3.93. The zero-order valence-electron chi connectivity index (χ0n) is 14.6. The molecule has 0 spiro atoms. The van der Waals surface area contributed by atoms with Crippen molar-refractivity contribution in [2.24, 2.45) is 0 Å². The Balaban J connectivity index is 1.67. The number of aromatic nitrogens is 2. The number of nitrogens with zero attached hydrogens (tertiary/aromatic N) is 2. The van der Waals surface area contributed by atoms with Gasteiger partial charge >= 0.3 is 6.01 Å². The molecular weight excluding hydrogens is 379 g/mol. The average molecular weight is 398 g/mol. The molecular formula is C17H19FN2O6S. The number of benzene rings is 1. The molecule has 0 fully saturated rings. The summed E-state index contributed by atoms with van der Waals surface area (Å²) in [5.41, 5.74) is 0.887. The van der Waals surface area contributed by atoms with Crippen LogP contribution in [-0.2, 0) is 32.2 Å². The van der Waals surface area contributed by atoms with Gasteiger partial charge < -0.3 is 9.47 Å². The van der Waals surface area contributed by atoms with E-state index in [0.29, 0.717) is 5.69 Å². The molecule has 0 amide bonds. The summed E-state index contributed by atoms with van der Waals surface area (Å²) in [5.74, 6) is 0. The van der Waals surface area contributed by atoms with Gasteiger partial charge in [-0.25, -0.2) is 4.39 Å². The zero-order valence-corrected chi connectivity index (χ0v) is 15.4. The minimum atomic E-state index is -3.93. The number of fused-ring (bicyclic) bond motifs is 1. The first-order chi connectivity index (χ1) is 12.9. The lowest BCUT2D eigenvalue weighted by Gasteiger charge is -2.10. The summed E-state index contributed by atoms with van der Waals surface area (Å²) in [6.07, 6.45) is -0.639. The lowest BCUT2D eigenvalue weighted by atomic mass is 10.2. The molecule has 1 atom stereocenters. The molecule has 10 heteroatoms. The molecule has 0 bridgehead atoms. The first-order valence-electron chi connectivity index (χ1n) is 8.26. The number of hydrogen-bond donors (Lipinski definition) is 0. The summed E-state index contributed by atoms with van der Waals surface area (Å²) in [5, 5.41) is 0. The van der Waals surface area contributed by atoms with Crippen molar-refractivity contribution in [3.05, 3.63) is 51.9 Å². The van der Waals surface area contributed by atoms with Crippen LogP contribution in [0.3, 0.4) is 0 Å². The van der Waals surface area contributed by atoms with Gasteiger partial charge in [0.2, 0.25) is 0 Å². The maximum atomic E-state index is 12.3. The van der Waals surface area contributed by atoms with Gasteiger partial charge in [-0.1, -0.05) is 17.7 Å². The molecule has 1 aromatic carbocycles. The van der Waals surface area contributed by atoms with Crippen LogP contribution in [0.1, 0.15) is 11.3 Å². The molecule has 2 aromatic rings. The SMILES string of the molecule is Cc1ccc(S(=O)(=O)OC[C@@H]2Cn3c(COCCF)cc(=O)nc3O2)cc1. The minimum Gasteiger partial charge on any atom is -0.457 e. The zero-order chi connectivity index (χ0) is 19.4. The van der Waals surface area contributed by atoms with Gasteiger partial charge in [-0.05, 0) is 19.1 Å². The van der Waals surface area contributed by atoms with E-state index < -0.39 is 28.5 Å². The third-order valence-electron chi connectivity index (χ3n) is 3.92. The van der Waals surface area contributed by atoms with Crippen LogP contribution in [-0.4, -0.2) is 44.0 Å². The van der Waals surface area contributed by atoms with E-state index in [9.17, 15) is 17.6 Å². The predicted molar refractivity (Wildman–Crippen MR) is 92.9 cm³/mol. The van der Waals surface area contributed by atoms with E-state index in [1.165, 1.54) is 18.2 Å². The Hall–Kier alpha value is -2.30. The highest BCUT2D eigenvalue weighted by molar-refractivity contribution is 7.86. The largest absolute Gasteiger partial charge is 0.457 e. The van der Waals surface area contributed by atoms with E-state index in [1.54, 1.807) is 16.7 Å². The molecule has 2 heterocycles. The van der Waals surface area contributed by atoms with Crippen LogP contribution >= 0.6 is 0 Å². The maximum Gasteiger partial charge on any atom is 0.300 e. The molecule has 27 heavy (non-hydrogen) atoms.